The summed E-state index contributed by atoms with van der Waals surface area (Å²) in [5.74, 6) is -1.39. The van der Waals surface area contributed by atoms with Crippen molar-refractivity contribution in [2.75, 3.05) is 0 Å². The molecular formula is C15H11NO2. The summed E-state index contributed by atoms with van der Waals surface area (Å²) in [6, 6.07) is 3.50. The molecule has 0 N–H and O–H groups in total. The van der Waals surface area contributed by atoms with E-state index in [0.717, 1.165) is 0 Å². The molecular weight excluding hydrogens is 226 g/mol. The van der Waals surface area contributed by atoms with Gasteiger partial charge in [-0.3, -0.25) is 14.6 Å². The van der Waals surface area contributed by atoms with E-state index in [-0.39, 0.29) is 11.6 Å². The summed E-state index contributed by atoms with van der Waals surface area (Å²) in [7, 11) is 0. The average Bonchev–Trinajstić information content (AvgIpc) is 2.64. The van der Waals surface area contributed by atoms with Crippen LogP contribution >= 0.6 is 0 Å². The molecule has 0 aromatic carbocycles. The van der Waals surface area contributed by atoms with Gasteiger partial charge in [-0.15, -0.1) is 0 Å². The molecule has 0 amide bonds. The van der Waals surface area contributed by atoms with Gasteiger partial charge in [0.25, 0.3) is 0 Å². The topological polar surface area (TPSA) is 47.0 Å². The Morgan fingerprint density at radius 3 is 2.72 bits per heavy atom. The van der Waals surface area contributed by atoms with Gasteiger partial charge < -0.3 is 0 Å². The first-order chi connectivity index (χ1) is 8.70. The van der Waals surface area contributed by atoms with E-state index in [0.29, 0.717) is 16.7 Å². The van der Waals surface area contributed by atoms with Crippen molar-refractivity contribution in [1.82, 2.24) is 4.98 Å². The third kappa shape index (κ3) is 1.40. The summed E-state index contributed by atoms with van der Waals surface area (Å²) < 4.78 is 0. The van der Waals surface area contributed by atoms with Crippen molar-refractivity contribution >= 4 is 11.6 Å². The van der Waals surface area contributed by atoms with E-state index >= 15 is 0 Å². The van der Waals surface area contributed by atoms with Crippen LogP contribution in [0.2, 0.25) is 0 Å². The van der Waals surface area contributed by atoms with Crippen LogP contribution in [0.25, 0.3) is 0 Å². The van der Waals surface area contributed by atoms with Crippen LogP contribution in [-0.4, -0.2) is 16.6 Å². The van der Waals surface area contributed by atoms with Crippen LogP contribution in [-0.2, 0) is 9.59 Å². The maximum atomic E-state index is 12.4. The maximum absolute atomic E-state index is 12.4. The molecule has 0 radical (unpaired) electrons. The van der Waals surface area contributed by atoms with Gasteiger partial charge in [-0.1, -0.05) is 30.9 Å². The van der Waals surface area contributed by atoms with E-state index in [4.69, 9.17) is 0 Å². The third-order valence-electron chi connectivity index (χ3n) is 3.40. The zero-order valence-electron chi connectivity index (χ0n) is 9.67. The van der Waals surface area contributed by atoms with Crippen molar-refractivity contribution in [2.45, 2.75) is 5.92 Å². The molecule has 1 heterocycles. The molecule has 0 bridgehead atoms. The Kier molecular flexibility index (Phi) is 2.33. The van der Waals surface area contributed by atoms with Gasteiger partial charge in [0, 0.05) is 18.0 Å². The van der Waals surface area contributed by atoms with Gasteiger partial charge >= 0.3 is 0 Å². The molecule has 2 aliphatic carbocycles. The van der Waals surface area contributed by atoms with Gasteiger partial charge in [0.1, 0.15) is 5.92 Å². The summed E-state index contributed by atoms with van der Waals surface area (Å²) in [6.45, 7) is 3.85. The maximum Gasteiger partial charge on any atom is 0.174 e. The van der Waals surface area contributed by atoms with Crippen molar-refractivity contribution in [3.63, 3.8) is 0 Å². The molecule has 1 fully saturated rings. The zero-order valence-corrected chi connectivity index (χ0v) is 9.67. The number of pyridine rings is 1. The molecule has 18 heavy (non-hydrogen) atoms. The minimum absolute atomic E-state index is 0.0893. The van der Waals surface area contributed by atoms with Gasteiger partial charge in [0.05, 0.1) is 5.92 Å². The second kappa shape index (κ2) is 3.88. The standard InChI is InChI=1S/C15H11NO2/c1-9-4-2-6-11-12(9)15(18)13(14(11)17)10-5-3-7-16-8-10/h2-8,12-13H,1H2. The first-order valence-corrected chi connectivity index (χ1v) is 5.75. The molecule has 2 unspecified atom stereocenters. The predicted octanol–water partition coefficient (Wildman–Crippen LogP) is 1.99. The molecule has 1 aromatic rings. The number of rotatable bonds is 1. The van der Waals surface area contributed by atoms with Gasteiger partial charge in [0.15, 0.2) is 11.6 Å². The molecule has 88 valence electrons. The summed E-state index contributed by atoms with van der Waals surface area (Å²) in [4.78, 5) is 28.7. The third-order valence-corrected chi connectivity index (χ3v) is 3.40. The van der Waals surface area contributed by atoms with Crippen LogP contribution in [0.3, 0.4) is 0 Å². The van der Waals surface area contributed by atoms with E-state index in [1.54, 1.807) is 42.8 Å². The summed E-state index contributed by atoms with van der Waals surface area (Å²) >= 11 is 0. The highest BCUT2D eigenvalue weighted by atomic mass is 16.2. The molecule has 3 heteroatoms. The number of fused-ring (bicyclic) bond motifs is 1. The Morgan fingerprint density at radius 2 is 2.06 bits per heavy atom. The van der Waals surface area contributed by atoms with Crippen molar-refractivity contribution < 1.29 is 9.59 Å². The number of hydrogen-bond donors (Lipinski definition) is 0. The van der Waals surface area contributed by atoms with E-state index < -0.39 is 11.8 Å². The predicted molar refractivity (Wildman–Crippen MR) is 66.8 cm³/mol. The number of hydrogen-bond acceptors (Lipinski definition) is 3. The van der Waals surface area contributed by atoms with Crippen LogP contribution < -0.4 is 0 Å². The molecule has 0 saturated heterocycles. The van der Waals surface area contributed by atoms with E-state index in [1.165, 1.54) is 0 Å². The summed E-state index contributed by atoms with van der Waals surface area (Å²) in [6.07, 6.45) is 8.47. The lowest BCUT2D eigenvalue weighted by atomic mass is 9.89. The van der Waals surface area contributed by atoms with Crippen molar-refractivity contribution in [3.05, 3.63) is 66.0 Å². The van der Waals surface area contributed by atoms with E-state index in [9.17, 15) is 9.59 Å². The minimum Gasteiger partial charge on any atom is -0.297 e. The molecule has 0 spiro atoms. The number of allylic oxidation sites excluding steroid dienone is 5. The fraction of sp³-hybridized carbons (Fsp3) is 0.133. The lowest BCUT2D eigenvalue weighted by Crippen LogP contribution is -2.16. The molecule has 1 aromatic heterocycles. The molecule has 3 nitrogen and oxygen atoms in total. The van der Waals surface area contributed by atoms with Gasteiger partial charge in [-0.05, 0) is 17.2 Å². The number of Topliss-reactive ketones (excluding diaryl/α,β-unsaturated/α-hetero) is 2. The Morgan fingerprint density at radius 1 is 1.22 bits per heavy atom. The van der Waals surface area contributed by atoms with E-state index in [1.807, 2.05) is 0 Å². The van der Waals surface area contributed by atoms with Gasteiger partial charge in [-0.25, -0.2) is 0 Å². The largest absolute Gasteiger partial charge is 0.297 e. The number of nitrogens with zero attached hydrogens (tertiary/aromatic N) is 1. The molecule has 2 aliphatic rings. The fourth-order valence-electron chi connectivity index (χ4n) is 2.55. The Hall–Kier alpha value is -2.29. The highest BCUT2D eigenvalue weighted by Crippen LogP contribution is 2.41. The van der Waals surface area contributed by atoms with Crippen molar-refractivity contribution in [3.8, 4) is 0 Å². The van der Waals surface area contributed by atoms with E-state index in [2.05, 4.69) is 11.6 Å². The Bertz CT molecular complexity index is 611. The van der Waals surface area contributed by atoms with Crippen LogP contribution in [0.15, 0.2) is 60.5 Å². The summed E-state index contributed by atoms with van der Waals surface area (Å²) in [5, 5.41) is 0. The lowest BCUT2D eigenvalue weighted by molar-refractivity contribution is -0.124. The van der Waals surface area contributed by atoms with Crippen LogP contribution in [0.4, 0.5) is 0 Å². The second-order valence-corrected chi connectivity index (χ2v) is 4.48. The Labute approximate surface area is 105 Å². The monoisotopic (exact) mass is 237 g/mol. The molecule has 0 aliphatic heterocycles. The number of carbonyl (C=O) groups is 2. The summed E-state index contributed by atoms with van der Waals surface area (Å²) in [5.41, 5.74) is 1.91. The van der Waals surface area contributed by atoms with Crippen LogP contribution in [0, 0.1) is 5.92 Å². The SMILES string of the molecule is C=C1C=CC=C2C(=O)C(c3cccnc3)C(=O)C12. The first kappa shape index (κ1) is 10.8. The second-order valence-electron chi connectivity index (χ2n) is 4.48. The van der Waals surface area contributed by atoms with Gasteiger partial charge in [-0.2, -0.15) is 0 Å². The minimum atomic E-state index is -0.716. The average molecular weight is 237 g/mol. The molecule has 1 saturated carbocycles. The first-order valence-electron chi connectivity index (χ1n) is 5.75. The number of aromatic nitrogens is 1. The van der Waals surface area contributed by atoms with Crippen molar-refractivity contribution in [2.24, 2.45) is 5.92 Å². The normalized spacial score (nSPS) is 26.2. The zero-order chi connectivity index (χ0) is 12.7. The fourth-order valence-corrected chi connectivity index (χ4v) is 2.55. The highest BCUT2D eigenvalue weighted by molar-refractivity contribution is 6.25. The van der Waals surface area contributed by atoms with Crippen LogP contribution in [0.1, 0.15) is 11.5 Å². The molecule has 3 rings (SSSR count). The van der Waals surface area contributed by atoms with Gasteiger partial charge in [0.2, 0.25) is 0 Å². The van der Waals surface area contributed by atoms with Crippen LogP contribution in [0.5, 0.6) is 0 Å². The number of ketones is 2. The quantitative estimate of drug-likeness (QED) is 0.702. The highest BCUT2D eigenvalue weighted by Gasteiger charge is 2.47. The Balaban J connectivity index is 2.08. The molecule has 2 atom stereocenters. The van der Waals surface area contributed by atoms with Crippen molar-refractivity contribution in [1.29, 1.82) is 0 Å². The number of carbonyl (C=O) groups excluding carboxylic acids is 2. The smallest absolute Gasteiger partial charge is 0.174 e. The lowest BCUT2D eigenvalue weighted by Gasteiger charge is -2.12.